The van der Waals surface area contributed by atoms with Crippen molar-refractivity contribution in [3.05, 3.63) is 26.1 Å². The minimum Gasteiger partial charge on any atom is -0.462 e. The first-order valence-electron chi connectivity index (χ1n) is 8.05. The first-order chi connectivity index (χ1) is 11.6. The summed E-state index contributed by atoms with van der Waals surface area (Å²) >= 11 is 6.70. The lowest BCUT2D eigenvalue weighted by molar-refractivity contribution is -0.146. The van der Waals surface area contributed by atoms with Gasteiger partial charge in [0, 0.05) is 11.5 Å². The Labute approximate surface area is 149 Å². The molecule has 8 heteroatoms. The number of carbonyl (C=O) groups is 1. The van der Waals surface area contributed by atoms with Crippen molar-refractivity contribution in [3.63, 3.8) is 0 Å². The highest BCUT2D eigenvalue weighted by atomic mass is 32.1. The van der Waals surface area contributed by atoms with Gasteiger partial charge in [-0.05, 0) is 31.1 Å². The van der Waals surface area contributed by atoms with Crippen molar-refractivity contribution in [1.29, 1.82) is 0 Å². The number of nitrogens with one attached hydrogen (secondary N) is 1. The standard InChI is InChI=1S/C16H22N2O4S2/c1-3-5-6-21-7-8-22-13(19)10-18-15(20)12-9-11(4-2)24-14(12)17-16(18)23/h9H,3-8,10H2,1-2H3,(H,17,23). The molecule has 2 rings (SSSR count). The van der Waals surface area contributed by atoms with Gasteiger partial charge in [-0.25, -0.2) is 0 Å². The Hall–Kier alpha value is -1.51. The highest BCUT2D eigenvalue weighted by molar-refractivity contribution is 7.71. The topological polar surface area (TPSA) is 73.3 Å². The lowest BCUT2D eigenvalue weighted by atomic mass is 10.3. The molecule has 0 aliphatic heterocycles. The summed E-state index contributed by atoms with van der Waals surface area (Å²) in [6.45, 7) is 5.10. The molecule has 0 aliphatic carbocycles. The van der Waals surface area contributed by atoms with Gasteiger partial charge in [-0.2, -0.15) is 0 Å². The van der Waals surface area contributed by atoms with Gasteiger partial charge in [-0.3, -0.25) is 14.2 Å². The average Bonchev–Trinajstić information content (AvgIpc) is 2.98. The molecule has 0 atom stereocenters. The molecule has 0 saturated carbocycles. The van der Waals surface area contributed by atoms with Crippen LogP contribution in [0.3, 0.4) is 0 Å². The van der Waals surface area contributed by atoms with Crippen LogP contribution in [-0.2, 0) is 27.2 Å². The Kier molecular flexibility index (Phi) is 7.14. The Bertz CT molecular complexity index is 806. The van der Waals surface area contributed by atoms with Crippen molar-refractivity contribution in [2.24, 2.45) is 0 Å². The fourth-order valence-corrected chi connectivity index (χ4v) is 3.45. The van der Waals surface area contributed by atoms with Crippen molar-refractivity contribution in [2.75, 3.05) is 19.8 Å². The van der Waals surface area contributed by atoms with Gasteiger partial charge in [0.05, 0.1) is 12.0 Å². The second kappa shape index (κ2) is 9.10. The molecule has 0 radical (unpaired) electrons. The maximum atomic E-state index is 12.5. The summed E-state index contributed by atoms with van der Waals surface area (Å²) in [6, 6.07) is 1.84. The molecule has 0 spiro atoms. The van der Waals surface area contributed by atoms with Crippen LogP contribution in [0.1, 0.15) is 31.6 Å². The van der Waals surface area contributed by atoms with Gasteiger partial charge in [-0.1, -0.05) is 20.3 Å². The molecule has 0 unspecified atom stereocenters. The summed E-state index contributed by atoms with van der Waals surface area (Å²) in [5.74, 6) is -0.499. The monoisotopic (exact) mass is 370 g/mol. The van der Waals surface area contributed by atoms with Crippen molar-refractivity contribution < 1.29 is 14.3 Å². The number of rotatable bonds is 9. The lowest BCUT2D eigenvalue weighted by Crippen LogP contribution is -2.27. The summed E-state index contributed by atoms with van der Waals surface area (Å²) in [4.78, 5) is 29.3. The van der Waals surface area contributed by atoms with E-state index >= 15 is 0 Å². The number of H-pyrrole nitrogens is 1. The van der Waals surface area contributed by atoms with E-state index in [0.29, 0.717) is 18.6 Å². The summed E-state index contributed by atoms with van der Waals surface area (Å²) < 4.78 is 11.9. The van der Waals surface area contributed by atoms with Crippen LogP contribution in [0.5, 0.6) is 0 Å². The number of esters is 1. The van der Waals surface area contributed by atoms with Gasteiger partial charge in [0.2, 0.25) is 0 Å². The van der Waals surface area contributed by atoms with Gasteiger partial charge in [0.25, 0.3) is 5.56 Å². The minimum absolute atomic E-state index is 0.175. The third-order valence-electron chi connectivity index (χ3n) is 3.49. The molecule has 0 aliphatic rings. The molecule has 132 valence electrons. The van der Waals surface area contributed by atoms with Gasteiger partial charge in [0.1, 0.15) is 18.0 Å². The fourth-order valence-electron chi connectivity index (χ4n) is 2.15. The van der Waals surface area contributed by atoms with Crippen LogP contribution < -0.4 is 5.56 Å². The summed E-state index contributed by atoms with van der Waals surface area (Å²) in [5.41, 5.74) is -0.263. The number of aromatic nitrogens is 2. The van der Waals surface area contributed by atoms with E-state index in [-0.39, 0.29) is 23.5 Å². The van der Waals surface area contributed by atoms with Crippen LogP contribution in [-0.4, -0.2) is 35.3 Å². The van der Waals surface area contributed by atoms with E-state index in [1.807, 2.05) is 13.0 Å². The van der Waals surface area contributed by atoms with Crippen LogP contribution in [0.2, 0.25) is 0 Å². The Balaban J connectivity index is 2.00. The van der Waals surface area contributed by atoms with E-state index in [1.165, 1.54) is 15.9 Å². The minimum atomic E-state index is -0.499. The Morgan fingerprint density at radius 3 is 2.83 bits per heavy atom. The number of hydrogen-bond acceptors (Lipinski definition) is 6. The second-order valence-corrected chi connectivity index (χ2v) is 6.84. The normalized spacial score (nSPS) is 11.1. The second-order valence-electron chi connectivity index (χ2n) is 5.32. The third kappa shape index (κ3) is 4.75. The third-order valence-corrected chi connectivity index (χ3v) is 5.01. The van der Waals surface area contributed by atoms with Gasteiger partial charge >= 0.3 is 5.97 Å². The number of unbranched alkanes of at least 4 members (excludes halogenated alkanes) is 1. The Morgan fingerprint density at radius 1 is 1.33 bits per heavy atom. The molecule has 6 nitrogen and oxygen atoms in total. The molecule has 0 saturated heterocycles. The van der Waals surface area contributed by atoms with Crippen LogP contribution in [0.25, 0.3) is 10.2 Å². The number of ether oxygens (including phenoxy) is 2. The number of aromatic amines is 1. The zero-order valence-corrected chi connectivity index (χ0v) is 15.6. The molecule has 2 aromatic heterocycles. The van der Waals surface area contributed by atoms with E-state index in [2.05, 4.69) is 11.9 Å². The van der Waals surface area contributed by atoms with Gasteiger partial charge in [0.15, 0.2) is 4.77 Å². The maximum Gasteiger partial charge on any atom is 0.326 e. The molecule has 24 heavy (non-hydrogen) atoms. The molecular weight excluding hydrogens is 348 g/mol. The largest absolute Gasteiger partial charge is 0.462 e. The Morgan fingerprint density at radius 2 is 2.12 bits per heavy atom. The molecule has 1 N–H and O–H groups in total. The van der Waals surface area contributed by atoms with E-state index in [4.69, 9.17) is 21.7 Å². The van der Waals surface area contributed by atoms with Crippen molar-refractivity contribution >= 4 is 39.7 Å². The quantitative estimate of drug-likeness (QED) is 0.417. The number of hydrogen-bond donors (Lipinski definition) is 1. The summed E-state index contributed by atoms with van der Waals surface area (Å²) in [7, 11) is 0. The van der Waals surface area contributed by atoms with E-state index in [0.717, 1.165) is 29.0 Å². The summed E-state index contributed by atoms with van der Waals surface area (Å²) in [5, 5.41) is 0.557. The van der Waals surface area contributed by atoms with E-state index in [9.17, 15) is 9.59 Å². The van der Waals surface area contributed by atoms with Gasteiger partial charge in [-0.15, -0.1) is 11.3 Å². The summed E-state index contributed by atoms with van der Waals surface area (Å²) in [6.07, 6.45) is 2.89. The molecule has 2 heterocycles. The number of thiophene rings is 1. The smallest absolute Gasteiger partial charge is 0.326 e. The lowest BCUT2D eigenvalue weighted by Gasteiger charge is -2.08. The zero-order valence-electron chi connectivity index (χ0n) is 13.9. The van der Waals surface area contributed by atoms with Crippen LogP contribution in [0.15, 0.2) is 10.9 Å². The zero-order chi connectivity index (χ0) is 17.5. The molecule has 2 aromatic rings. The predicted octanol–water partition coefficient (Wildman–Crippen LogP) is 3.04. The maximum absolute atomic E-state index is 12.5. The highest BCUT2D eigenvalue weighted by Gasteiger charge is 2.12. The fraction of sp³-hybridized carbons (Fsp3) is 0.562. The SMILES string of the molecule is CCCCOCCOC(=O)Cn1c(=S)[nH]c2sc(CC)cc2c1=O. The van der Waals surface area contributed by atoms with Crippen LogP contribution in [0, 0.1) is 4.77 Å². The highest BCUT2D eigenvalue weighted by Crippen LogP contribution is 2.21. The first kappa shape index (κ1) is 18.8. The van der Waals surface area contributed by atoms with E-state index in [1.54, 1.807) is 0 Å². The number of fused-ring (bicyclic) bond motifs is 1. The van der Waals surface area contributed by atoms with E-state index < -0.39 is 5.97 Å². The average molecular weight is 370 g/mol. The molecule has 0 amide bonds. The van der Waals surface area contributed by atoms with Gasteiger partial charge < -0.3 is 14.5 Å². The number of aryl methyl sites for hydroxylation is 1. The van der Waals surface area contributed by atoms with Crippen molar-refractivity contribution in [3.8, 4) is 0 Å². The molecule has 0 fully saturated rings. The van der Waals surface area contributed by atoms with Crippen LogP contribution in [0.4, 0.5) is 0 Å². The van der Waals surface area contributed by atoms with Crippen LogP contribution >= 0.6 is 23.6 Å². The predicted molar refractivity (Wildman–Crippen MR) is 97.3 cm³/mol. The van der Waals surface area contributed by atoms with Crippen molar-refractivity contribution in [2.45, 2.75) is 39.7 Å². The molecule has 0 aromatic carbocycles. The number of nitrogens with zero attached hydrogens (tertiary/aromatic N) is 1. The number of carbonyl (C=O) groups excluding carboxylic acids is 1. The van der Waals surface area contributed by atoms with Crippen molar-refractivity contribution in [1.82, 2.24) is 9.55 Å². The molecular formula is C16H22N2O4S2. The molecule has 0 bridgehead atoms. The first-order valence-corrected chi connectivity index (χ1v) is 9.28.